The largest absolute Gasteiger partial charge is 0.478 e. The standard InChI is InChI=1S/C21H23FN2O4/c1-3-10-24(11-4-2)20(26)15-7-5-6-14(12-15)19(25)23-18-9-8-16(21(27)28)13-17(18)22/h5-9,12-13H,3-4,10-11H2,1-2H3,(H,23,25)(H,27,28). The third-order valence-corrected chi connectivity index (χ3v) is 4.11. The lowest BCUT2D eigenvalue weighted by atomic mass is 10.1. The molecule has 28 heavy (non-hydrogen) atoms. The van der Waals surface area contributed by atoms with Crippen molar-refractivity contribution in [3.05, 3.63) is 65.0 Å². The number of carbonyl (C=O) groups is 3. The molecule has 2 N–H and O–H groups in total. The quantitative estimate of drug-likeness (QED) is 0.717. The highest BCUT2D eigenvalue weighted by atomic mass is 19.1. The first-order chi connectivity index (χ1) is 13.4. The van der Waals surface area contributed by atoms with E-state index in [2.05, 4.69) is 5.32 Å². The Bertz CT molecular complexity index is 876. The van der Waals surface area contributed by atoms with Crippen LogP contribution in [0.4, 0.5) is 10.1 Å². The lowest BCUT2D eigenvalue weighted by Crippen LogP contribution is -2.32. The van der Waals surface area contributed by atoms with Crippen molar-refractivity contribution in [3.8, 4) is 0 Å². The summed E-state index contributed by atoms with van der Waals surface area (Å²) >= 11 is 0. The van der Waals surface area contributed by atoms with Crippen LogP contribution in [0.3, 0.4) is 0 Å². The highest BCUT2D eigenvalue weighted by Crippen LogP contribution is 2.18. The number of benzene rings is 2. The molecule has 2 rings (SSSR count). The van der Waals surface area contributed by atoms with Crippen LogP contribution in [-0.2, 0) is 0 Å². The van der Waals surface area contributed by atoms with E-state index in [1.165, 1.54) is 24.3 Å². The first kappa shape index (κ1) is 21.1. The van der Waals surface area contributed by atoms with Crippen molar-refractivity contribution in [1.82, 2.24) is 4.90 Å². The monoisotopic (exact) mass is 386 g/mol. The first-order valence-electron chi connectivity index (χ1n) is 9.10. The first-order valence-corrected chi connectivity index (χ1v) is 9.10. The lowest BCUT2D eigenvalue weighted by Gasteiger charge is -2.21. The second kappa shape index (κ2) is 9.64. The second-order valence-corrected chi connectivity index (χ2v) is 6.33. The molecule has 0 aliphatic carbocycles. The van der Waals surface area contributed by atoms with Gasteiger partial charge in [-0.1, -0.05) is 19.9 Å². The molecule has 2 aromatic carbocycles. The van der Waals surface area contributed by atoms with Crippen LogP contribution in [0.15, 0.2) is 42.5 Å². The number of nitrogens with one attached hydrogen (secondary N) is 1. The molecule has 148 valence electrons. The highest BCUT2D eigenvalue weighted by molar-refractivity contribution is 6.06. The summed E-state index contributed by atoms with van der Waals surface area (Å²) in [5.41, 5.74) is 0.247. The molecular weight excluding hydrogens is 363 g/mol. The van der Waals surface area contributed by atoms with Crippen molar-refractivity contribution in [2.24, 2.45) is 0 Å². The molecule has 0 fully saturated rings. The fourth-order valence-corrected chi connectivity index (χ4v) is 2.77. The minimum absolute atomic E-state index is 0.134. The van der Waals surface area contributed by atoms with E-state index in [0.717, 1.165) is 18.9 Å². The zero-order valence-corrected chi connectivity index (χ0v) is 15.9. The van der Waals surface area contributed by atoms with Crippen molar-refractivity contribution < 1.29 is 23.9 Å². The van der Waals surface area contributed by atoms with Crippen molar-refractivity contribution in [3.63, 3.8) is 0 Å². The van der Waals surface area contributed by atoms with Crippen LogP contribution in [0.5, 0.6) is 0 Å². The van der Waals surface area contributed by atoms with E-state index >= 15 is 0 Å². The number of hydrogen-bond donors (Lipinski definition) is 2. The molecule has 0 radical (unpaired) electrons. The fourth-order valence-electron chi connectivity index (χ4n) is 2.77. The molecule has 0 spiro atoms. The molecule has 0 aliphatic rings. The molecule has 0 bridgehead atoms. The summed E-state index contributed by atoms with van der Waals surface area (Å²) in [6.07, 6.45) is 1.66. The predicted molar refractivity (Wildman–Crippen MR) is 104 cm³/mol. The van der Waals surface area contributed by atoms with Gasteiger partial charge in [0.05, 0.1) is 11.3 Å². The summed E-state index contributed by atoms with van der Waals surface area (Å²) in [5.74, 6) is -2.85. The van der Waals surface area contributed by atoms with Crippen LogP contribution in [0, 0.1) is 5.82 Å². The van der Waals surface area contributed by atoms with E-state index < -0.39 is 17.7 Å². The van der Waals surface area contributed by atoms with E-state index in [-0.39, 0.29) is 22.7 Å². The Morgan fingerprint density at radius 1 is 0.964 bits per heavy atom. The van der Waals surface area contributed by atoms with Crippen LogP contribution >= 0.6 is 0 Å². The maximum Gasteiger partial charge on any atom is 0.335 e. The molecule has 2 amide bonds. The van der Waals surface area contributed by atoms with Crippen LogP contribution in [0.1, 0.15) is 57.8 Å². The average molecular weight is 386 g/mol. The van der Waals surface area contributed by atoms with Gasteiger partial charge < -0.3 is 15.3 Å². The molecule has 6 nitrogen and oxygen atoms in total. The van der Waals surface area contributed by atoms with Crippen molar-refractivity contribution in [2.45, 2.75) is 26.7 Å². The normalized spacial score (nSPS) is 10.4. The number of anilines is 1. The fraction of sp³-hybridized carbons (Fsp3) is 0.286. The number of carboxylic acid groups (broad SMARTS) is 1. The third-order valence-electron chi connectivity index (χ3n) is 4.11. The molecule has 0 saturated carbocycles. The lowest BCUT2D eigenvalue weighted by molar-refractivity contribution is 0.0695. The van der Waals surface area contributed by atoms with Gasteiger partial charge in [0.1, 0.15) is 5.82 Å². The van der Waals surface area contributed by atoms with Gasteiger partial charge in [-0.15, -0.1) is 0 Å². The molecule has 7 heteroatoms. The van der Waals surface area contributed by atoms with Gasteiger partial charge in [-0.2, -0.15) is 0 Å². The summed E-state index contributed by atoms with van der Waals surface area (Å²) in [7, 11) is 0. The maximum absolute atomic E-state index is 14.0. The van der Waals surface area contributed by atoms with Crippen molar-refractivity contribution in [1.29, 1.82) is 0 Å². The second-order valence-electron chi connectivity index (χ2n) is 6.33. The average Bonchev–Trinajstić information content (AvgIpc) is 2.68. The Labute approximate surface area is 163 Å². The molecule has 0 heterocycles. The van der Waals surface area contributed by atoms with Gasteiger partial charge >= 0.3 is 5.97 Å². The van der Waals surface area contributed by atoms with E-state index in [1.807, 2.05) is 13.8 Å². The minimum atomic E-state index is -1.26. The topological polar surface area (TPSA) is 86.7 Å². The number of carboxylic acids is 1. The zero-order valence-electron chi connectivity index (χ0n) is 15.9. The van der Waals surface area contributed by atoms with Gasteiger partial charge in [-0.05, 0) is 49.2 Å². The molecule has 0 unspecified atom stereocenters. The summed E-state index contributed by atoms with van der Waals surface area (Å²) in [4.78, 5) is 37.8. The third kappa shape index (κ3) is 5.16. The summed E-state index contributed by atoms with van der Waals surface area (Å²) in [6.45, 7) is 5.24. The Morgan fingerprint density at radius 2 is 1.61 bits per heavy atom. The molecule has 0 aliphatic heterocycles. The van der Waals surface area contributed by atoms with Gasteiger partial charge in [-0.3, -0.25) is 9.59 Å². The van der Waals surface area contributed by atoms with Gasteiger partial charge in [0, 0.05) is 24.2 Å². The number of amides is 2. The number of halogens is 1. The predicted octanol–water partition coefficient (Wildman–Crippen LogP) is 4.04. The number of rotatable bonds is 8. The van der Waals surface area contributed by atoms with E-state index in [4.69, 9.17) is 5.11 Å². The Kier molecular flexibility index (Phi) is 7.26. The summed E-state index contributed by atoms with van der Waals surface area (Å²) in [5, 5.41) is 11.3. The van der Waals surface area contributed by atoms with Crippen LogP contribution < -0.4 is 5.32 Å². The van der Waals surface area contributed by atoms with E-state index in [0.29, 0.717) is 18.7 Å². The molecule has 0 saturated heterocycles. The van der Waals surface area contributed by atoms with Crippen LogP contribution in [-0.4, -0.2) is 40.9 Å². The van der Waals surface area contributed by atoms with Crippen molar-refractivity contribution >= 4 is 23.5 Å². The van der Waals surface area contributed by atoms with Crippen molar-refractivity contribution in [2.75, 3.05) is 18.4 Å². The van der Waals surface area contributed by atoms with Crippen LogP contribution in [0.25, 0.3) is 0 Å². The number of hydrogen-bond acceptors (Lipinski definition) is 3. The molecule has 0 atom stereocenters. The molecule has 0 aromatic heterocycles. The van der Waals surface area contributed by atoms with E-state index in [1.54, 1.807) is 17.0 Å². The maximum atomic E-state index is 14.0. The van der Waals surface area contributed by atoms with E-state index in [9.17, 15) is 18.8 Å². The number of carbonyl (C=O) groups excluding carboxylic acids is 2. The van der Waals surface area contributed by atoms with Gasteiger partial charge in [0.2, 0.25) is 0 Å². The van der Waals surface area contributed by atoms with Crippen LogP contribution in [0.2, 0.25) is 0 Å². The smallest absolute Gasteiger partial charge is 0.335 e. The van der Waals surface area contributed by atoms with Gasteiger partial charge in [0.15, 0.2) is 0 Å². The number of nitrogens with zero attached hydrogens (tertiary/aromatic N) is 1. The number of aromatic carboxylic acids is 1. The Morgan fingerprint density at radius 3 is 2.18 bits per heavy atom. The zero-order chi connectivity index (χ0) is 20.7. The Hall–Kier alpha value is -3.22. The van der Waals surface area contributed by atoms with Gasteiger partial charge in [0.25, 0.3) is 11.8 Å². The minimum Gasteiger partial charge on any atom is -0.478 e. The SMILES string of the molecule is CCCN(CCC)C(=O)c1cccc(C(=O)Nc2ccc(C(=O)O)cc2F)c1. The highest BCUT2D eigenvalue weighted by Gasteiger charge is 2.17. The van der Waals surface area contributed by atoms with Gasteiger partial charge in [-0.25, -0.2) is 9.18 Å². The molecular formula is C21H23FN2O4. The summed E-state index contributed by atoms with van der Waals surface area (Å²) < 4.78 is 14.0. The summed E-state index contributed by atoms with van der Waals surface area (Å²) in [6, 6.07) is 9.47. The molecule has 2 aromatic rings. The Balaban J connectivity index is 2.20.